The first kappa shape index (κ1) is 19.7. The third kappa shape index (κ3) is 4.13. The van der Waals surface area contributed by atoms with Crippen LogP contribution in [0, 0.1) is 6.92 Å². The van der Waals surface area contributed by atoms with Crippen LogP contribution in [0.5, 0.6) is 0 Å². The molecule has 0 radical (unpaired) electrons. The Hall–Kier alpha value is -1.65. The van der Waals surface area contributed by atoms with E-state index in [0.29, 0.717) is 0 Å². The molecule has 2 aromatic rings. The predicted octanol–water partition coefficient (Wildman–Crippen LogP) is 6.43. The van der Waals surface area contributed by atoms with Gasteiger partial charge in [0.2, 0.25) is 0 Å². The largest absolute Gasteiger partial charge is 0.0955 e. The van der Waals surface area contributed by atoms with Crippen LogP contribution in [0.15, 0.2) is 60.7 Å². The molecular weight excluding hydrogens is 319 g/mol. The van der Waals surface area contributed by atoms with Crippen LogP contribution in [0.1, 0.15) is 49.9 Å². The molecule has 1 heteroatoms. The Balaban J connectivity index is 2.60. The van der Waals surface area contributed by atoms with Gasteiger partial charge in [0.05, 0.1) is 0 Å². The van der Waals surface area contributed by atoms with Crippen LogP contribution >= 0.6 is 8.58 Å². The van der Waals surface area contributed by atoms with Gasteiger partial charge in [-0.05, 0) is 68.3 Å². The summed E-state index contributed by atoms with van der Waals surface area (Å²) in [5, 5.41) is 1.43. The maximum atomic E-state index is 4.23. The van der Waals surface area contributed by atoms with Crippen molar-refractivity contribution >= 4 is 19.5 Å². The zero-order chi connectivity index (χ0) is 18.6. The summed E-state index contributed by atoms with van der Waals surface area (Å²) in [6, 6.07) is 15.7. The van der Waals surface area contributed by atoms with Crippen LogP contribution in [0.2, 0.25) is 0 Å². The maximum Gasteiger partial charge on any atom is 0.0171 e. The lowest BCUT2D eigenvalue weighted by Gasteiger charge is -2.33. The van der Waals surface area contributed by atoms with E-state index in [-0.39, 0.29) is 5.41 Å². The second-order valence-electron chi connectivity index (χ2n) is 7.20. The summed E-state index contributed by atoms with van der Waals surface area (Å²) < 4.78 is 0. The third-order valence-electron chi connectivity index (χ3n) is 5.42. The molecule has 2 unspecified atom stereocenters. The highest BCUT2D eigenvalue weighted by atomic mass is 31.1. The fourth-order valence-electron chi connectivity index (χ4n) is 3.67. The molecule has 0 saturated carbocycles. The van der Waals surface area contributed by atoms with Gasteiger partial charge in [-0.25, -0.2) is 0 Å². The molecule has 2 atom stereocenters. The van der Waals surface area contributed by atoms with Gasteiger partial charge in [0, 0.05) is 5.41 Å². The fraction of sp³-hybridized carbons (Fsp3) is 0.333. The summed E-state index contributed by atoms with van der Waals surface area (Å²) in [6.45, 7) is 17.6. The van der Waals surface area contributed by atoms with Gasteiger partial charge in [0.25, 0.3) is 0 Å². The first-order valence-corrected chi connectivity index (χ1v) is 10.5. The van der Waals surface area contributed by atoms with Gasteiger partial charge >= 0.3 is 0 Å². The van der Waals surface area contributed by atoms with E-state index in [4.69, 9.17) is 0 Å². The predicted molar refractivity (Wildman–Crippen MR) is 117 cm³/mol. The molecule has 0 N–H and O–H groups in total. The summed E-state index contributed by atoms with van der Waals surface area (Å²) in [5.41, 5.74) is 7.99. The Morgan fingerprint density at radius 2 is 1.84 bits per heavy atom. The van der Waals surface area contributed by atoms with E-state index < -0.39 is 0 Å². The number of aryl methyl sites for hydroxylation is 1. The lowest BCUT2D eigenvalue weighted by Crippen LogP contribution is -2.28. The van der Waals surface area contributed by atoms with Gasteiger partial charge in [-0.3, -0.25) is 0 Å². The Morgan fingerprint density at radius 3 is 2.44 bits per heavy atom. The van der Waals surface area contributed by atoms with Crippen molar-refractivity contribution < 1.29 is 0 Å². The lowest BCUT2D eigenvalue weighted by molar-refractivity contribution is 0.552. The van der Waals surface area contributed by atoms with Crippen molar-refractivity contribution in [2.75, 3.05) is 6.66 Å². The van der Waals surface area contributed by atoms with Crippen molar-refractivity contribution in [2.45, 2.75) is 46.5 Å². The molecule has 0 aliphatic heterocycles. The molecule has 0 fully saturated rings. The molecule has 0 nitrogen and oxygen atoms in total. The van der Waals surface area contributed by atoms with Crippen molar-refractivity contribution in [1.29, 1.82) is 0 Å². The summed E-state index contributed by atoms with van der Waals surface area (Å²) in [7, 11) is 0.826. The topological polar surface area (TPSA) is 0 Å². The number of allylic oxidation sites excluding steroid dienone is 3. The first-order chi connectivity index (χ1) is 11.8. The van der Waals surface area contributed by atoms with E-state index in [1.807, 2.05) is 0 Å². The molecule has 0 spiro atoms. The molecule has 0 aromatic heterocycles. The lowest BCUT2D eigenvalue weighted by atomic mass is 9.71. The van der Waals surface area contributed by atoms with Crippen molar-refractivity contribution in [3.8, 4) is 0 Å². The third-order valence-corrected chi connectivity index (χ3v) is 6.31. The minimum atomic E-state index is -0.0115. The Morgan fingerprint density at radius 1 is 1.16 bits per heavy atom. The summed E-state index contributed by atoms with van der Waals surface area (Å²) in [4.78, 5) is 0. The first-order valence-electron chi connectivity index (χ1n) is 8.99. The summed E-state index contributed by atoms with van der Waals surface area (Å²) >= 11 is 0. The van der Waals surface area contributed by atoms with Crippen molar-refractivity contribution in [3.63, 3.8) is 0 Å². The highest BCUT2D eigenvalue weighted by molar-refractivity contribution is 7.46. The van der Waals surface area contributed by atoms with E-state index in [0.717, 1.165) is 20.6 Å². The van der Waals surface area contributed by atoms with Gasteiger partial charge < -0.3 is 0 Å². The Labute approximate surface area is 155 Å². The fourth-order valence-corrected chi connectivity index (χ4v) is 4.24. The Bertz CT molecular complexity index is 797. The number of hydrogen-bond acceptors (Lipinski definition) is 0. The molecule has 25 heavy (non-hydrogen) atoms. The highest BCUT2D eigenvalue weighted by Crippen LogP contribution is 2.37. The smallest absolute Gasteiger partial charge is 0.0171 e. The SMILES string of the molecule is C=C(C)c1c(C)cccc1CC(C)(/C(C)=C/C)c1cccc(PC)c1. The molecule has 0 aliphatic carbocycles. The normalized spacial score (nSPS) is 14.7. The van der Waals surface area contributed by atoms with Gasteiger partial charge in [-0.1, -0.05) is 81.8 Å². The second kappa shape index (κ2) is 8.15. The number of benzene rings is 2. The van der Waals surface area contributed by atoms with E-state index in [1.54, 1.807) is 0 Å². The van der Waals surface area contributed by atoms with E-state index >= 15 is 0 Å². The van der Waals surface area contributed by atoms with Gasteiger partial charge in [0.1, 0.15) is 0 Å². The molecule has 0 amide bonds. The quantitative estimate of drug-likeness (QED) is 0.416. The Kier molecular flexibility index (Phi) is 6.42. The molecule has 0 aliphatic rings. The zero-order valence-corrected chi connectivity index (χ0v) is 17.5. The monoisotopic (exact) mass is 350 g/mol. The maximum absolute atomic E-state index is 4.23. The van der Waals surface area contributed by atoms with E-state index in [2.05, 4.69) is 96.4 Å². The van der Waals surface area contributed by atoms with Crippen LogP contribution in [-0.2, 0) is 11.8 Å². The minimum absolute atomic E-state index is 0.0115. The summed E-state index contributed by atoms with van der Waals surface area (Å²) in [6.07, 6.45) is 3.25. The van der Waals surface area contributed by atoms with Crippen LogP contribution in [0.4, 0.5) is 0 Å². The van der Waals surface area contributed by atoms with Gasteiger partial charge in [0.15, 0.2) is 0 Å². The zero-order valence-electron chi connectivity index (χ0n) is 16.5. The standard InChI is InChI=1S/C24H31P/c1-8-19(5)24(6,21-13-10-14-22(15-21)25-7)16-20-12-9-11-18(4)23(20)17(2)3/h8-15,25H,2,16H2,1,3-7H3/b19-8+. The van der Waals surface area contributed by atoms with Crippen molar-refractivity contribution in [1.82, 2.24) is 0 Å². The average Bonchev–Trinajstić information content (AvgIpc) is 2.60. The molecule has 0 bridgehead atoms. The van der Waals surface area contributed by atoms with Crippen LogP contribution < -0.4 is 5.30 Å². The van der Waals surface area contributed by atoms with Crippen LogP contribution in [0.3, 0.4) is 0 Å². The molecule has 0 saturated heterocycles. The highest BCUT2D eigenvalue weighted by Gasteiger charge is 2.30. The van der Waals surface area contributed by atoms with Crippen molar-refractivity contribution in [3.05, 3.63) is 82.9 Å². The van der Waals surface area contributed by atoms with Crippen molar-refractivity contribution in [2.24, 2.45) is 0 Å². The minimum Gasteiger partial charge on any atom is -0.0955 e. The molecule has 2 aromatic carbocycles. The van der Waals surface area contributed by atoms with E-state index in [9.17, 15) is 0 Å². The number of hydrogen-bond donors (Lipinski definition) is 0. The summed E-state index contributed by atoms with van der Waals surface area (Å²) in [5.74, 6) is 0. The van der Waals surface area contributed by atoms with Gasteiger partial charge in [-0.2, -0.15) is 0 Å². The molecule has 132 valence electrons. The number of rotatable bonds is 6. The van der Waals surface area contributed by atoms with E-state index in [1.165, 1.54) is 33.1 Å². The molecule has 2 rings (SSSR count). The van der Waals surface area contributed by atoms with Crippen LogP contribution in [0.25, 0.3) is 5.57 Å². The van der Waals surface area contributed by atoms with Gasteiger partial charge in [-0.15, -0.1) is 0 Å². The average molecular weight is 350 g/mol. The van der Waals surface area contributed by atoms with Crippen LogP contribution in [-0.4, -0.2) is 6.66 Å². The molecule has 0 heterocycles. The second-order valence-corrected chi connectivity index (χ2v) is 8.28. The molecular formula is C24H31P.